The number of hydrogen-bond donors (Lipinski definition) is 5. The van der Waals surface area contributed by atoms with Crippen LogP contribution in [0.5, 0.6) is 0 Å². The van der Waals surface area contributed by atoms with Gasteiger partial charge in [-0.05, 0) is 37.3 Å². The summed E-state index contributed by atoms with van der Waals surface area (Å²) >= 11 is 0. The van der Waals surface area contributed by atoms with Crippen LogP contribution in [0.3, 0.4) is 0 Å². The van der Waals surface area contributed by atoms with Gasteiger partial charge >= 0.3 is 17.9 Å². The van der Waals surface area contributed by atoms with Gasteiger partial charge in [-0.2, -0.15) is 0 Å². The van der Waals surface area contributed by atoms with Gasteiger partial charge in [0.15, 0.2) is 5.60 Å². The van der Waals surface area contributed by atoms with E-state index in [4.69, 9.17) is 31.1 Å². The fraction of sp³-hybridized carbons (Fsp3) is 0.368. The van der Waals surface area contributed by atoms with E-state index in [1.54, 1.807) is 0 Å². The number of hydrogen-bond acceptors (Lipinski definition) is 6. The summed E-state index contributed by atoms with van der Waals surface area (Å²) in [6.07, 6.45) is 2.39. The lowest BCUT2D eigenvalue weighted by atomic mass is 9.93. The number of rotatable bonds is 5. The number of carboxylic acid groups (broad SMARTS) is 3. The van der Waals surface area contributed by atoms with Crippen molar-refractivity contribution in [3.05, 3.63) is 35.5 Å². The first-order valence-corrected chi connectivity index (χ1v) is 8.69. The van der Waals surface area contributed by atoms with Crippen LogP contribution in [0.1, 0.15) is 36.9 Å². The van der Waals surface area contributed by atoms with Crippen LogP contribution in [-0.4, -0.2) is 48.9 Å². The third kappa shape index (κ3) is 4.95. The van der Waals surface area contributed by atoms with E-state index in [-0.39, 0.29) is 0 Å². The molecule has 0 amide bonds. The lowest BCUT2D eigenvalue weighted by molar-refractivity contribution is -0.170. The maximum Gasteiger partial charge on any atom is 0.336 e. The van der Waals surface area contributed by atoms with Crippen molar-refractivity contribution >= 4 is 34.5 Å². The molecule has 0 unspecified atom stereocenters. The third-order valence-corrected chi connectivity index (χ3v) is 4.50. The maximum absolute atomic E-state index is 10.3. The average Bonchev–Trinajstić information content (AvgIpc) is 2.61. The van der Waals surface area contributed by atoms with Crippen LogP contribution in [0.25, 0.3) is 10.9 Å². The van der Waals surface area contributed by atoms with Crippen molar-refractivity contribution in [2.24, 2.45) is 0 Å². The van der Waals surface area contributed by atoms with Gasteiger partial charge < -0.3 is 26.2 Å². The number of fused-ring (bicyclic) bond motifs is 2. The lowest BCUT2D eigenvalue weighted by Gasteiger charge is -2.18. The number of carbonyl (C=O) groups is 3. The normalized spacial score (nSPS) is 13.2. The molecular formula is C19H22N2O7. The minimum Gasteiger partial charge on any atom is -0.481 e. The molecule has 0 aliphatic heterocycles. The summed E-state index contributed by atoms with van der Waals surface area (Å²) in [6, 6.07) is 8.15. The van der Waals surface area contributed by atoms with Gasteiger partial charge in [-0.1, -0.05) is 18.2 Å². The fourth-order valence-corrected chi connectivity index (χ4v) is 3.12. The van der Waals surface area contributed by atoms with Crippen molar-refractivity contribution in [2.45, 2.75) is 44.1 Å². The number of pyridine rings is 1. The summed E-state index contributed by atoms with van der Waals surface area (Å²) < 4.78 is 0. The van der Waals surface area contributed by atoms with Crippen LogP contribution in [0.15, 0.2) is 24.3 Å². The van der Waals surface area contributed by atoms with Crippen LogP contribution >= 0.6 is 0 Å². The molecule has 0 bridgehead atoms. The average molecular weight is 390 g/mol. The molecule has 28 heavy (non-hydrogen) atoms. The van der Waals surface area contributed by atoms with Crippen molar-refractivity contribution in [1.82, 2.24) is 4.98 Å². The zero-order valence-electron chi connectivity index (χ0n) is 15.1. The minimum absolute atomic E-state index is 0.954. The highest BCUT2D eigenvalue weighted by atomic mass is 16.4. The van der Waals surface area contributed by atoms with Crippen LogP contribution in [0.4, 0.5) is 5.69 Å². The van der Waals surface area contributed by atoms with Crippen LogP contribution in [0, 0.1) is 0 Å². The van der Waals surface area contributed by atoms with Crippen molar-refractivity contribution in [3.63, 3.8) is 0 Å². The van der Waals surface area contributed by atoms with Crippen LogP contribution in [0.2, 0.25) is 0 Å². The largest absolute Gasteiger partial charge is 0.481 e. The lowest BCUT2D eigenvalue weighted by Crippen LogP contribution is -2.42. The molecule has 0 atom stereocenters. The van der Waals surface area contributed by atoms with Gasteiger partial charge in [-0.3, -0.25) is 14.6 Å². The van der Waals surface area contributed by atoms with E-state index in [2.05, 4.69) is 6.07 Å². The highest BCUT2D eigenvalue weighted by molar-refractivity contribution is 5.92. The zero-order valence-corrected chi connectivity index (χ0v) is 15.1. The van der Waals surface area contributed by atoms with Gasteiger partial charge in [-0.15, -0.1) is 0 Å². The third-order valence-electron chi connectivity index (χ3n) is 4.50. The summed E-state index contributed by atoms with van der Waals surface area (Å²) in [6.45, 7) is 0. The van der Waals surface area contributed by atoms with E-state index in [1.165, 1.54) is 24.1 Å². The molecule has 0 fully saturated rings. The molecule has 2 aromatic rings. The number of anilines is 1. The summed E-state index contributed by atoms with van der Waals surface area (Å²) in [5.74, 6) is -5.02. The molecule has 0 spiro atoms. The number of nitrogens with two attached hydrogens (primary N) is 1. The number of aliphatic carboxylic acids is 3. The first-order valence-electron chi connectivity index (χ1n) is 8.69. The molecule has 1 aromatic carbocycles. The van der Waals surface area contributed by atoms with Gasteiger partial charge in [0.05, 0.1) is 18.4 Å². The molecule has 1 aromatic heterocycles. The summed E-state index contributed by atoms with van der Waals surface area (Å²) in [5.41, 5.74) is 7.96. The molecule has 0 radical (unpaired) electrons. The second-order valence-corrected chi connectivity index (χ2v) is 6.65. The Kier molecular flexibility index (Phi) is 6.53. The molecule has 3 rings (SSSR count). The number of aryl methyl sites for hydroxylation is 1. The number of nitrogen functional groups attached to an aromatic ring is 1. The smallest absolute Gasteiger partial charge is 0.336 e. The number of para-hydroxylation sites is 1. The monoisotopic (exact) mass is 390 g/mol. The van der Waals surface area contributed by atoms with E-state index in [1.807, 2.05) is 18.2 Å². The Balaban J connectivity index is 0.000000204. The first kappa shape index (κ1) is 21.1. The van der Waals surface area contributed by atoms with E-state index >= 15 is 0 Å². The molecular weight excluding hydrogens is 368 g/mol. The van der Waals surface area contributed by atoms with E-state index in [0.717, 1.165) is 29.4 Å². The summed E-state index contributed by atoms with van der Waals surface area (Å²) in [5, 5.41) is 34.9. The van der Waals surface area contributed by atoms with Gasteiger partial charge in [-0.25, -0.2) is 4.79 Å². The number of nitrogens with zero attached hydrogens (tertiary/aromatic N) is 1. The number of benzene rings is 1. The van der Waals surface area contributed by atoms with Gasteiger partial charge in [0.2, 0.25) is 0 Å². The van der Waals surface area contributed by atoms with Crippen molar-refractivity contribution in [2.75, 3.05) is 5.73 Å². The van der Waals surface area contributed by atoms with Gasteiger partial charge in [0, 0.05) is 16.8 Å². The molecule has 6 N–H and O–H groups in total. The number of aliphatic hydroxyl groups is 1. The van der Waals surface area contributed by atoms with E-state index in [9.17, 15) is 14.4 Å². The SMILES string of the molecule is Nc1c2c(nc3ccccc13)CCCC2.O=C(O)CC(O)(CC(=O)O)C(=O)O. The zero-order chi connectivity index (χ0) is 20.9. The van der Waals surface area contributed by atoms with Crippen molar-refractivity contribution in [1.29, 1.82) is 0 Å². The molecule has 150 valence electrons. The molecule has 9 nitrogen and oxygen atoms in total. The second-order valence-electron chi connectivity index (χ2n) is 6.65. The Labute approximate surface area is 160 Å². The second kappa shape index (κ2) is 8.66. The Hall–Kier alpha value is -3.20. The quantitative estimate of drug-likeness (QED) is 0.506. The highest BCUT2D eigenvalue weighted by Crippen LogP contribution is 2.30. The Morgan fingerprint density at radius 2 is 1.57 bits per heavy atom. The van der Waals surface area contributed by atoms with Crippen LogP contribution < -0.4 is 5.73 Å². The van der Waals surface area contributed by atoms with Crippen LogP contribution in [-0.2, 0) is 27.2 Å². The number of carboxylic acids is 3. The van der Waals surface area contributed by atoms with Gasteiger partial charge in [0.25, 0.3) is 0 Å². The summed E-state index contributed by atoms with van der Waals surface area (Å²) in [4.78, 5) is 35.2. The van der Waals surface area contributed by atoms with E-state index < -0.39 is 36.4 Å². The molecule has 1 heterocycles. The molecule has 0 saturated heterocycles. The molecule has 0 saturated carbocycles. The predicted octanol–water partition coefficient (Wildman–Crippen LogP) is 1.45. The molecule has 1 aliphatic rings. The summed E-state index contributed by atoms with van der Waals surface area (Å²) in [7, 11) is 0. The van der Waals surface area contributed by atoms with E-state index in [0.29, 0.717) is 0 Å². The topological polar surface area (TPSA) is 171 Å². The Morgan fingerprint density at radius 3 is 2.14 bits per heavy atom. The minimum atomic E-state index is -2.74. The Bertz CT molecular complexity index is 895. The molecule has 9 heteroatoms. The fourth-order valence-electron chi connectivity index (χ4n) is 3.12. The number of aromatic nitrogens is 1. The molecule has 1 aliphatic carbocycles. The van der Waals surface area contributed by atoms with Crippen molar-refractivity contribution < 1.29 is 34.8 Å². The maximum atomic E-state index is 10.3. The van der Waals surface area contributed by atoms with Gasteiger partial charge in [0.1, 0.15) is 0 Å². The first-order chi connectivity index (χ1) is 13.1. The standard InChI is InChI=1S/C13H14N2.C6H8O7/c14-13-9-5-1-3-7-11(9)15-12-8-4-2-6-10(12)13;7-3(8)1-6(13,5(11)12)2-4(9)10/h1,3,5,7H,2,4,6,8H2,(H2,14,15);13H,1-2H2,(H,7,8)(H,9,10)(H,11,12). The Morgan fingerprint density at radius 1 is 1.00 bits per heavy atom. The van der Waals surface area contributed by atoms with Crippen molar-refractivity contribution in [3.8, 4) is 0 Å². The highest BCUT2D eigenvalue weighted by Gasteiger charge is 2.40. The predicted molar refractivity (Wildman–Crippen MR) is 99.9 cm³/mol.